The third-order valence-corrected chi connectivity index (χ3v) is 3.97. The summed E-state index contributed by atoms with van der Waals surface area (Å²) in [6, 6.07) is 14.6. The summed E-state index contributed by atoms with van der Waals surface area (Å²) in [4.78, 5) is 22.2. The summed E-state index contributed by atoms with van der Waals surface area (Å²) < 4.78 is 0. The van der Waals surface area contributed by atoms with Gasteiger partial charge >= 0.3 is 5.97 Å². The first kappa shape index (κ1) is 17.5. The standard InChI is InChI=1S/C19H21N5O2/c1-12(18(25)26)20-17-15-6-4-5-7-16(15)22-19(23-17)21-13-8-10-14(11-9-13)24(2)3/h4-12H,1-3H3,(H,25,26)(H2,20,21,22,23). The van der Waals surface area contributed by atoms with Crippen molar-refractivity contribution >= 4 is 40.0 Å². The average Bonchev–Trinajstić information content (AvgIpc) is 2.62. The Bertz CT molecular complexity index is 925. The lowest BCUT2D eigenvalue weighted by molar-refractivity contribution is -0.137. The molecule has 7 heteroatoms. The van der Waals surface area contributed by atoms with E-state index in [0.29, 0.717) is 11.8 Å². The van der Waals surface area contributed by atoms with Gasteiger partial charge in [-0.1, -0.05) is 12.1 Å². The third kappa shape index (κ3) is 3.83. The van der Waals surface area contributed by atoms with Gasteiger partial charge in [-0.2, -0.15) is 4.98 Å². The van der Waals surface area contributed by atoms with E-state index in [1.807, 2.05) is 67.5 Å². The van der Waals surface area contributed by atoms with Gasteiger partial charge in [0.2, 0.25) is 5.95 Å². The zero-order chi connectivity index (χ0) is 18.7. The van der Waals surface area contributed by atoms with Gasteiger partial charge < -0.3 is 20.6 Å². The van der Waals surface area contributed by atoms with Crippen LogP contribution in [0.4, 0.5) is 23.1 Å². The smallest absolute Gasteiger partial charge is 0.325 e. The largest absolute Gasteiger partial charge is 0.480 e. The minimum Gasteiger partial charge on any atom is -0.480 e. The molecule has 0 saturated carbocycles. The minimum atomic E-state index is -0.943. The highest BCUT2D eigenvalue weighted by Crippen LogP contribution is 2.25. The number of para-hydroxylation sites is 1. The molecule has 0 aliphatic rings. The molecule has 0 saturated heterocycles. The molecule has 1 atom stereocenters. The molecular formula is C19H21N5O2. The fourth-order valence-corrected chi connectivity index (χ4v) is 2.48. The second-order valence-corrected chi connectivity index (χ2v) is 6.18. The van der Waals surface area contributed by atoms with Crippen molar-refractivity contribution in [3.05, 3.63) is 48.5 Å². The fraction of sp³-hybridized carbons (Fsp3) is 0.211. The Balaban J connectivity index is 1.94. The van der Waals surface area contributed by atoms with E-state index >= 15 is 0 Å². The molecule has 26 heavy (non-hydrogen) atoms. The molecule has 134 valence electrons. The van der Waals surface area contributed by atoms with Crippen molar-refractivity contribution in [2.45, 2.75) is 13.0 Å². The normalized spacial score (nSPS) is 11.8. The summed E-state index contributed by atoms with van der Waals surface area (Å²) in [7, 11) is 3.97. The van der Waals surface area contributed by atoms with E-state index in [4.69, 9.17) is 5.11 Å². The number of fused-ring (bicyclic) bond motifs is 1. The average molecular weight is 351 g/mol. The van der Waals surface area contributed by atoms with Crippen molar-refractivity contribution < 1.29 is 9.90 Å². The van der Waals surface area contributed by atoms with Crippen LogP contribution in [0.2, 0.25) is 0 Å². The van der Waals surface area contributed by atoms with Crippen LogP contribution in [0, 0.1) is 0 Å². The first-order chi connectivity index (χ1) is 12.4. The number of aromatic nitrogens is 2. The van der Waals surface area contributed by atoms with Crippen molar-refractivity contribution in [1.29, 1.82) is 0 Å². The van der Waals surface area contributed by atoms with Crippen molar-refractivity contribution in [3.63, 3.8) is 0 Å². The maximum atomic E-state index is 11.2. The summed E-state index contributed by atoms with van der Waals surface area (Å²) in [5.74, 6) is -0.0548. The highest BCUT2D eigenvalue weighted by molar-refractivity contribution is 5.92. The van der Waals surface area contributed by atoms with Crippen LogP contribution in [0.15, 0.2) is 48.5 Å². The molecule has 0 spiro atoms. The summed E-state index contributed by atoms with van der Waals surface area (Å²) in [5, 5.41) is 16.1. The fourth-order valence-electron chi connectivity index (χ4n) is 2.48. The number of nitrogens with one attached hydrogen (secondary N) is 2. The molecule has 3 rings (SSSR count). The van der Waals surface area contributed by atoms with E-state index in [-0.39, 0.29) is 0 Å². The Hall–Kier alpha value is -3.35. The summed E-state index contributed by atoms with van der Waals surface area (Å²) in [6.45, 7) is 1.58. The zero-order valence-electron chi connectivity index (χ0n) is 14.9. The number of carboxylic acids is 1. The van der Waals surface area contributed by atoms with Gasteiger partial charge in [-0.25, -0.2) is 4.98 Å². The number of anilines is 4. The maximum Gasteiger partial charge on any atom is 0.325 e. The van der Waals surface area contributed by atoms with E-state index in [0.717, 1.165) is 22.3 Å². The van der Waals surface area contributed by atoms with Gasteiger partial charge in [-0.15, -0.1) is 0 Å². The van der Waals surface area contributed by atoms with Crippen LogP contribution in [0.1, 0.15) is 6.92 Å². The molecule has 0 bridgehead atoms. The number of carboxylic acid groups (broad SMARTS) is 1. The molecule has 1 unspecified atom stereocenters. The molecule has 2 aromatic carbocycles. The Morgan fingerprint density at radius 3 is 2.42 bits per heavy atom. The second-order valence-electron chi connectivity index (χ2n) is 6.18. The highest BCUT2D eigenvalue weighted by Gasteiger charge is 2.14. The monoisotopic (exact) mass is 351 g/mol. The van der Waals surface area contributed by atoms with Gasteiger partial charge in [-0.3, -0.25) is 4.79 Å². The Kier molecular flexibility index (Phi) is 4.88. The molecule has 0 aliphatic carbocycles. The molecule has 0 fully saturated rings. The lowest BCUT2D eigenvalue weighted by Crippen LogP contribution is -2.26. The van der Waals surface area contributed by atoms with E-state index in [9.17, 15) is 4.79 Å². The van der Waals surface area contributed by atoms with Crippen molar-refractivity contribution in [3.8, 4) is 0 Å². The van der Waals surface area contributed by atoms with Crippen LogP contribution in [0.25, 0.3) is 10.9 Å². The summed E-state index contributed by atoms with van der Waals surface area (Å²) in [5.41, 5.74) is 2.67. The van der Waals surface area contributed by atoms with Crippen molar-refractivity contribution in [2.75, 3.05) is 29.6 Å². The Morgan fingerprint density at radius 1 is 1.08 bits per heavy atom. The molecular weight excluding hydrogens is 330 g/mol. The second kappa shape index (κ2) is 7.26. The predicted molar refractivity (Wildman–Crippen MR) is 104 cm³/mol. The van der Waals surface area contributed by atoms with Crippen molar-refractivity contribution in [1.82, 2.24) is 9.97 Å². The van der Waals surface area contributed by atoms with Crippen LogP contribution < -0.4 is 15.5 Å². The van der Waals surface area contributed by atoms with Gasteiger partial charge in [-0.05, 0) is 43.3 Å². The van der Waals surface area contributed by atoms with Crippen LogP contribution >= 0.6 is 0 Å². The number of hydrogen-bond donors (Lipinski definition) is 3. The van der Waals surface area contributed by atoms with Gasteiger partial charge in [0.1, 0.15) is 11.9 Å². The molecule has 3 aromatic rings. The number of carbonyl (C=O) groups is 1. The molecule has 1 aromatic heterocycles. The molecule has 0 radical (unpaired) electrons. The lowest BCUT2D eigenvalue weighted by atomic mass is 10.2. The van der Waals surface area contributed by atoms with E-state index in [2.05, 4.69) is 20.6 Å². The van der Waals surface area contributed by atoms with Gasteiger partial charge in [0.25, 0.3) is 0 Å². The molecule has 1 heterocycles. The van der Waals surface area contributed by atoms with Crippen LogP contribution in [-0.2, 0) is 4.79 Å². The summed E-state index contributed by atoms with van der Waals surface area (Å²) >= 11 is 0. The first-order valence-electron chi connectivity index (χ1n) is 8.24. The third-order valence-electron chi connectivity index (χ3n) is 3.97. The Morgan fingerprint density at radius 2 is 1.77 bits per heavy atom. The van der Waals surface area contributed by atoms with Gasteiger partial charge in [0.15, 0.2) is 0 Å². The molecule has 3 N–H and O–H groups in total. The van der Waals surface area contributed by atoms with Gasteiger partial charge in [0.05, 0.1) is 5.52 Å². The first-order valence-corrected chi connectivity index (χ1v) is 8.24. The minimum absolute atomic E-state index is 0.404. The zero-order valence-corrected chi connectivity index (χ0v) is 14.9. The lowest BCUT2D eigenvalue weighted by Gasteiger charge is -2.15. The topological polar surface area (TPSA) is 90.4 Å². The molecule has 0 aliphatic heterocycles. The van der Waals surface area contributed by atoms with Crippen molar-refractivity contribution in [2.24, 2.45) is 0 Å². The summed E-state index contributed by atoms with van der Waals surface area (Å²) in [6.07, 6.45) is 0. The number of hydrogen-bond acceptors (Lipinski definition) is 6. The number of aliphatic carboxylic acids is 1. The number of benzene rings is 2. The molecule has 7 nitrogen and oxygen atoms in total. The SMILES string of the molecule is CC(Nc1nc(Nc2ccc(N(C)C)cc2)nc2ccccc12)C(=O)O. The van der Waals surface area contributed by atoms with Gasteiger partial charge in [0, 0.05) is 30.9 Å². The predicted octanol–water partition coefficient (Wildman–Crippen LogP) is 3.32. The van der Waals surface area contributed by atoms with E-state index < -0.39 is 12.0 Å². The quantitative estimate of drug-likeness (QED) is 0.627. The van der Waals surface area contributed by atoms with Crippen LogP contribution in [0.5, 0.6) is 0 Å². The van der Waals surface area contributed by atoms with Crippen LogP contribution in [-0.4, -0.2) is 41.2 Å². The highest BCUT2D eigenvalue weighted by atomic mass is 16.4. The maximum absolute atomic E-state index is 11.2. The molecule has 0 amide bonds. The number of rotatable bonds is 6. The van der Waals surface area contributed by atoms with Crippen LogP contribution in [0.3, 0.4) is 0 Å². The van der Waals surface area contributed by atoms with E-state index in [1.54, 1.807) is 6.92 Å². The Labute approximate surface area is 151 Å². The number of nitrogens with zero attached hydrogens (tertiary/aromatic N) is 3. The van der Waals surface area contributed by atoms with E-state index in [1.165, 1.54) is 0 Å².